The summed E-state index contributed by atoms with van der Waals surface area (Å²) in [5, 5.41) is 11.5. The van der Waals surface area contributed by atoms with Crippen LogP contribution in [0.15, 0.2) is 58.1 Å². The lowest BCUT2D eigenvalue weighted by Crippen LogP contribution is -2.21. The third kappa shape index (κ3) is 2.62. The van der Waals surface area contributed by atoms with Gasteiger partial charge in [0.2, 0.25) is 0 Å². The zero-order valence-electron chi connectivity index (χ0n) is 11.3. The van der Waals surface area contributed by atoms with Gasteiger partial charge in [0.1, 0.15) is 0 Å². The van der Waals surface area contributed by atoms with E-state index >= 15 is 0 Å². The summed E-state index contributed by atoms with van der Waals surface area (Å²) in [6, 6.07) is 11.6. The first-order valence-electron chi connectivity index (χ1n) is 6.43. The molecule has 0 N–H and O–H groups in total. The summed E-state index contributed by atoms with van der Waals surface area (Å²) in [7, 11) is 0. The van der Waals surface area contributed by atoms with Crippen molar-refractivity contribution < 1.29 is 4.92 Å². The van der Waals surface area contributed by atoms with E-state index < -0.39 is 4.92 Å². The Bertz CT molecular complexity index is 937. The van der Waals surface area contributed by atoms with Gasteiger partial charge < -0.3 is 0 Å². The van der Waals surface area contributed by atoms with Crippen LogP contribution in [0.25, 0.3) is 10.9 Å². The molecule has 0 saturated carbocycles. The fourth-order valence-corrected chi connectivity index (χ4v) is 2.61. The Morgan fingerprint density at radius 1 is 1.23 bits per heavy atom. The highest BCUT2D eigenvalue weighted by Crippen LogP contribution is 2.19. The van der Waals surface area contributed by atoms with Crippen LogP contribution < -0.4 is 5.56 Å². The van der Waals surface area contributed by atoms with Crippen molar-refractivity contribution in [3.05, 3.63) is 79.3 Å². The molecule has 6 nitrogen and oxygen atoms in total. The van der Waals surface area contributed by atoms with E-state index in [4.69, 9.17) is 0 Å². The number of benzene rings is 2. The molecule has 2 aromatic carbocycles. The highest BCUT2D eigenvalue weighted by molar-refractivity contribution is 9.10. The molecule has 110 valence electrons. The van der Waals surface area contributed by atoms with Crippen LogP contribution in [0, 0.1) is 10.1 Å². The van der Waals surface area contributed by atoms with Crippen molar-refractivity contribution in [1.82, 2.24) is 9.55 Å². The minimum absolute atomic E-state index is 0.0104. The van der Waals surface area contributed by atoms with Crippen LogP contribution in [0.5, 0.6) is 0 Å². The van der Waals surface area contributed by atoms with Gasteiger partial charge in [-0.2, -0.15) is 0 Å². The first kappa shape index (κ1) is 14.4. The lowest BCUT2D eigenvalue weighted by atomic mass is 10.1. The standard InChI is InChI=1S/C15H10BrN3O3/c16-11-5-6-13-12(7-11)15(20)18(9-17-13)8-10-3-1-2-4-14(10)19(21)22/h1-7,9H,8H2. The van der Waals surface area contributed by atoms with Gasteiger partial charge in [-0.3, -0.25) is 19.5 Å². The van der Waals surface area contributed by atoms with E-state index in [1.54, 1.807) is 36.4 Å². The SMILES string of the molecule is O=c1c2cc(Br)ccc2ncn1Cc1ccccc1[N+](=O)[O-]. The third-order valence-electron chi connectivity index (χ3n) is 3.32. The highest BCUT2D eigenvalue weighted by Gasteiger charge is 2.14. The molecule has 0 atom stereocenters. The molecule has 22 heavy (non-hydrogen) atoms. The van der Waals surface area contributed by atoms with E-state index in [2.05, 4.69) is 20.9 Å². The van der Waals surface area contributed by atoms with Crippen LogP contribution in [0.4, 0.5) is 5.69 Å². The quantitative estimate of drug-likeness (QED) is 0.531. The number of hydrogen-bond acceptors (Lipinski definition) is 4. The number of fused-ring (bicyclic) bond motifs is 1. The third-order valence-corrected chi connectivity index (χ3v) is 3.81. The first-order valence-corrected chi connectivity index (χ1v) is 7.22. The molecule has 0 saturated heterocycles. The van der Waals surface area contributed by atoms with Gasteiger partial charge in [-0.25, -0.2) is 4.98 Å². The lowest BCUT2D eigenvalue weighted by Gasteiger charge is -2.07. The van der Waals surface area contributed by atoms with Gasteiger partial charge in [0.25, 0.3) is 11.2 Å². The number of halogens is 1. The lowest BCUT2D eigenvalue weighted by molar-refractivity contribution is -0.385. The fourth-order valence-electron chi connectivity index (χ4n) is 2.25. The van der Waals surface area contributed by atoms with E-state index in [0.29, 0.717) is 16.5 Å². The summed E-state index contributed by atoms with van der Waals surface area (Å²) >= 11 is 3.32. The first-order chi connectivity index (χ1) is 10.6. The maximum atomic E-state index is 12.5. The number of nitro groups is 1. The Hall–Kier alpha value is -2.54. The van der Waals surface area contributed by atoms with Crippen LogP contribution in [0.2, 0.25) is 0 Å². The van der Waals surface area contributed by atoms with Crippen molar-refractivity contribution >= 4 is 32.5 Å². The van der Waals surface area contributed by atoms with Crippen molar-refractivity contribution in [3.63, 3.8) is 0 Å². The van der Waals surface area contributed by atoms with E-state index in [1.165, 1.54) is 17.0 Å². The van der Waals surface area contributed by atoms with Gasteiger partial charge in [0.15, 0.2) is 0 Å². The largest absolute Gasteiger partial charge is 0.294 e. The normalized spacial score (nSPS) is 10.8. The number of nitrogens with zero attached hydrogens (tertiary/aromatic N) is 3. The minimum Gasteiger partial charge on any atom is -0.294 e. The summed E-state index contributed by atoms with van der Waals surface area (Å²) in [5.41, 5.74) is 0.811. The molecule has 1 aromatic heterocycles. The fraction of sp³-hybridized carbons (Fsp3) is 0.0667. The molecule has 0 aliphatic carbocycles. The molecule has 3 rings (SSSR count). The Morgan fingerprint density at radius 2 is 2.00 bits per heavy atom. The molecule has 1 heterocycles. The van der Waals surface area contributed by atoms with Crippen molar-refractivity contribution in [3.8, 4) is 0 Å². The Labute approximate surface area is 133 Å². The van der Waals surface area contributed by atoms with Crippen molar-refractivity contribution in [1.29, 1.82) is 0 Å². The number of rotatable bonds is 3. The molecule has 0 amide bonds. The van der Waals surface area contributed by atoms with Crippen LogP contribution >= 0.6 is 15.9 Å². The molecule has 0 spiro atoms. The summed E-state index contributed by atoms with van der Waals surface area (Å²) in [5.74, 6) is 0. The zero-order chi connectivity index (χ0) is 15.7. The number of aromatic nitrogens is 2. The maximum absolute atomic E-state index is 12.5. The van der Waals surface area contributed by atoms with E-state index in [9.17, 15) is 14.9 Å². The van der Waals surface area contributed by atoms with Crippen LogP contribution in [-0.2, 0) is 6.54 Å². The average Bonchev–Trinajstić information content (AvgIpc) is 2.51. The molecule has 0 unspecified atom stereocenters. The van der Waals surface area contributed by atoms with Gasteiger partial charge in [-0.1, -0.05) is 34.1 Å². The summed E-state index contributed by atoms with van der Waals surface area (Å²) < 4.78 is 2.15. The molecule has 0 fully saturated rings. The molecule has 0 aliphatic rings. The molecular weight excluding hydrogens is 350 g/mol. The minimum atomic E-state index is -0.453. The molecule has 0 radical (unpaired) electrons. The number of para-hydroxylation sites is 1. The van der Waals surface area contributed by atoms with Crippen LogP contribution in [-0.4, -0.2) is 14.5 Å². The smallest absolute Gasteiger partial charge is 0.274 e. The Morgan fingerprint density at radius 3 is 2.77 bits per heavy atom. The van der Waals surface area contributed by atoms with Crippen LogP contribution in [0.3, 0.4) is 0 Å². The monoisotopic (exact) mass is 359 g/mol. The molecular formula is C15H10BrN3O3. The van der Waals surface area contributed by atoms with Crippen molar-refractivity contribution in [2.45, 2.75) is 6.54 Å². The zero-order valence-corrected chi connectivity index (χ0v) is 12.9. The Kier molecular flexibility index (Phi) is 3.72. The van der Waals surface area contributed by atoms with E-state index in [0.717, 1.165) is 4.47 Å². The number of nitro benzene ring substituents is 1. The topological polar surface area (TPSA) is 78.0 Å². The Balaban J connectivity index is 2.11. The van der Waals surface area contributed by atoms with Gasteiger partial charge in [-0.15, -0.1) is 0 Å². The predicted molar refractivity (Wildman–Crippen MR) is 85.9 cm³/mol. The van der Waals surface area contributed by atoms with E-state index in [-0.39, 0.29) is 17.8 Å². The summed E-state index contributed by atoms with van der Waals surface area (Å²) in [6.07, 6.45) is 1.41. The van der Waals surface area contributed by atoms with Crippen LogP contribution in [0.1, 0.15) is 5.56 Å². The molecule has 7 heteroatoms. The number of hydrogen-bond donors (Lipinski definition) is 0. The molecule has 0 aliphatic heterocycles. The summed E-state index contributed by atoms with van der Waals surface area (Å²) in [6.45, 7) is 0.103. The molecule has 3 aromatic rings. The second-order valence-electron chi connectivity index (χ2n) is 4.72. The van der Waals surface area contributed by atoms with E-state index in [1.807, 2.05) is 0 Å². The van der Waals surface area contributed by atoms with Gasteiger partial charge in [0, 0.05) is 16.1 Å². The average molecular weight is 360 g/mol. The van der Waals surface area contributed by atoms with Gasteiger partial charge >= 0.3 is 0 Å². The summed E-state index contributed by atoms with van der Waals surface area (Å²) in [4.78, 5) is 27.3. The van der Waals surface area contributed by atoms with Gasteiger partial charge in [-0.05, 0) is 18.2 Å². The van der Waals surface area contributed by atoms with Crippen molar-refractivity contribution in [2.75, 3.05) is 0 Å². The maximum Gasteiger partial charge on any atom is 0.274 e. The predicted octanol–water partition coefficient (Wildman–Crippen LogP) is 3.12. The van der Waals surface area contributed by atoms with Crippen molar-refractivity contribution in [2.24, 2.45) is 0 Å². The molecule has 0 bridgehead atoms. The second kappa shape index (κ2) is 5.69. The highest BCUT2D eigenvalue weighted by atomic mass is 79.9. The second-order valence-corrected chi connectivity index (χ2v) is 5.64. The van der Waals surface area contributed by atoms with Gasteiger partial charge in [0.05, 0.1) is 28.7 Å².